The zero-order valence-electron chi connectivity index (χ0n) is 11.1. The third-order valence-corrected chi connectivity index (χ3v) is 4.13. The molecule has 1 aromatic carbocycles. The van der Waals surface area contributed by atoms with E-state index in [-0.39, 0.29) is 0 Å². The molecule has 0 fully saturated rings. The molecule has 0 unspecified atom stereocenters. The van der Waals surface area contributed by atoms with Crippen LogP contribution in [0.25, 0.3) is 0 Å². The number of nitrogens with zero attached hydrogens (tertiary/aromatic N) is 1. The Morgan fingerprint density at radius 1 is 1.05 bits per heavy atom. The summed E-state index contributed by atoms with van der Waals surface area (Å²) in [7, 11) is 1.79. The van der Waals surface area contributed by atoms with Crippen LogP contribution in [0, 0.1) is 0 Å². The van der Waals surface area contributed by atoms with Gasteiger partial charge in [0, 0.05) is 13.1 Å². The Morgan fingerprint density at radius 3 is 2.25 bits per heavy atom. The minimum Gasteiger partial charge on any atom is -0.372 e. The molecule has 2 aromatic rings. The van der Waals surface area contributed by atoms with E-state index in [1.54, 1.807) is 13.1 Å². The highest BCUT2D eigenvalue weighted by Crippen LogP contribution is 2.31. The van der Waals surface area contributed by atoms with Crippen molar-refractivity contribution >= 4 is 34.8 Å². The zero-order chi connectivity index (χ0) is 14.1. The fraction of sp³-hybridized carbons (Fsp3) is 0.267. The molecule has 0 saturated carbocycles. The smallest absolute Gasteiger partial charge is 0.147 e. The number of hydrogen-bond donors (Lipinski definition) is 2. The van der Waals surface area contributed by atoms with E-state index in [4.69, 9.17) is 23.2 Å². The maximum Gasteiger partial charge on any atom is 0.147 e. The van der Waals surface area contributed by atoms with Gasteiger partial charge in [-0.25, -0.2) is 4.98 Å². The summed E-state index contributed by atoms with van der Waals surface area (Å²) in [5.41, 5.74) is 2.79. The quantitative estimate of drug-likeness (QED) is 0.899. The Bertz CT molecular complexity index is 618. The van der Waals surface area contributed by atoms with E-state index in [9.17, 15) is 0 Å². The van der Waals surface area contributed by atoms with Crippen molar-refractivity contribution in [2.45, 2.75) is 18.9 Å². The first-order valence-electron chi connectivity index (χ1n) is 6.54. The summed E-state index contributed by atoms with van der Waals surface area (Å²) in [5, 5.41) is 7.45. The van der Waals surface area contributed by atoms with Gasteiger partial charge in [-0.15, -0.1) is 0 Å². The molecule has 104 valence electrons. The lowest BCUT2D eigenvalue weighted by atomic mass is 10.1. The fourth-order valence-corrected chi connectivity index (χ4v) is 3.11. The first kappa shape index (κ1) is 13.5. The maximum atomic E-state index is 6.21. The van der Waals surface area contributed by atoms with Crippen LogP contribution in [0.4, 0.5) is 11.6 Å². The lowest BCUT2D eigenvalue weighted by Gasteiger charge is -2.15. The first-order chi connectivity index (χ1) is 9.67. The molecule has 0 radical (unpaired) electrons. The molecule has 0 spiro atoms. The second kappa shape index (κ2) is 5.51. The highest BCUT2D eigenvalue weighted by atomic mass is 35.5. The van der Waals surface area contributed by atoms with Crippen LogP contribution in [0.1, 0.15) is 11.1 Å². The molecule has 1 aliphatic carbocycles. The van der Waals surface area contributed by atoms with Crippen molar-refractivity contribution in [3.05, 3.63) is 51.5 Å². The van der Waals surface area contributed by atoms with Crippen molar-refractivity contribution in [3.8, 4) is 0 Å². The van der Waals surface area contributed by atoms with E-state index in [0.717, 1.165) is 12.8 Å². The van der Waals surface area contributed by atoms with Gasteiger partial charge in [-0.05, 0) is 30.0 Å². The summed E-state index contributed by atoms with van der Waals surface area (Å²) in [6.07, 6.45) is 1.98. The Hall–Kier alpha value is -1.45. The molecule has 3 rings (SSSR count). The lowest BCUT2D eigenvalue weighted by molar-refractivity contribution is 0.769. The third kappa shape index (κ3) is 2.56. The lowest BCUT2D eigenvalue weighted by Crippen LogP contribution is -2.20. The van der Waals surface area contributed by atoms with Gasteiger partial charge >= 0.3 is 0 Å². The molecule has 1 aromatic heterocycles. The number of aromatic nitrogens is 1. The minimum atomic E-state index is 0.322. The molecule has 0 aliphatic heterocycles. The standard InChI is InChI=1S/C15H15Cl2N3/c1-18-14-12(16)8-13(17)15(20-14)19-11-6-9-4-2-3-5-10(9)7-11/h2-5,8,11H,6-7H2,1H3,(H2,18,19,20). The normalized spacial score (nSPS) is 14.2. The van der Waals surface area contributed by atoms with Crippen molar-refractivity contribution < 1.29 is 0 Å². The Kier molecular flexibility index (Phi) is 3.72. The SMILES string of the molecule is CNc1nc(NC2Cc3ccccc3C2)c(Cl)cc1Cl. The highest BCUT2D eigenvalue weighted by Gasteiger charge is 2.22. The van der Waals surface area contributed by atoms with Gasteiger partial charge in [0.15, 0.2) is 0 Å². The topological polar surface area (TPSA) is 37.0 Å². The van der Waals surface area contributed by atoms with Gasteiger partial charge in [0.1, 0.15) is 11.6 Å². The molecule has 0 saturated heterocycles. The van der Waals surface area contributed by atoms with Crippen molar-refractivity contribution in [2.75, 3.05) is 17.7 Å². The molecule has 1 heterocycles. The van der Waals surface area contributed by atoms with Crippen LogP contribution in [0.2, 0.25) is 10.0 Å². The molecule has 20 heavy (non-hydrogen) atoms. The average Bonchev–Trinajstić information content (AvgIpc) is 2.84. The van der Waals surface area contributed by atoms with Crippen molar-refractivity contribution in [1.82, 2.24) is 4.98 Å². The molecule has 2 N–H and O–H groups in total. The number of nitrogens with one attached hydrogen (secondary N) is 2. The second-order valence-corrected chi connectivity index (χ2v) is 5.73. The molecule has 0 amide bonds. The monoisotopic (exact) mass is 307 g/mol. The van der Waals surface area contributed by atoms with Crippen LogP contribution in [0.15, 0.2) is 30.3 Å². The van der Waals surface area contributed by atoms with Crippen LogP contribution in [0.3, 0.4) is 0 Å². The number of anilines is 2. The number of benzene rings is 1. The number of hydrogen-bond acceptors (Lipinski definition) is 3. The fourth-order valence-electron chi connectivity index (χ4n) is 2.60. The number of rotatable bonds is 3. The summed E-state index contributed by atoms with van der Waals surface area (Å²) in [4.78, 5) is 4.43. The number of fused-ring (bicyclic) bond motifs is 1. The van der Waals surface area contributed by atoms with Gasteiger partial charge in [-0.1, -0.05) is 47.5 Å². The summed E-state index contributed by atoms with van der Waals surface area (Å²) in [5.74, 6) is 1.31. The van der Waals surface area contributed by atoms with Crippen LogP contribution in [0.5, 0.6) is 0 Å². The van der Waals surface area contributed by atoms with Gasteiger partial charge in [0.25, 0.3) is 0 Å². The van der Waals surface area contributed by atoms with E-state index < -0.39 is 0 Å². The summed E-state index contributed by atoms with van der Waals surface area (Å²) in [6, 6.07) is 10.5. The van der Waals surface area contributed by atoms with Crippen LogP contribution < -0.4 is 10.6 Å². The Morgan fingerprint density at radius 2 is 1.65 bits per heavy atom. The van der Waals surface area contributed by atoms with Crippen molar-refractivity contribution in [3.63, 3.8) is 0 Å². The predicted octanol–water partition coefficient (Wildman–Crippen LogP) is 4.01. The Balaban J connectivity index is 1.80. The Labute approximate surface area is 128 Å². The maximum absolute atomic E-state index is 6.21. The second-order valence-electron chi connectivity index (χ2n) is 4.92. The van der Waals surface area contributed by atoms with Crippen molar-refractivity contribution in [1.29, 1.82) is 0 Å². The van der Waals surface area contributed by atoms with Gasteiger partial charge in [-0.3, -0.25) is 0 Å². The van der Waals surface area contributed by atoms with Gasteiger partial charge < -0.3 is 10.6 Å². The van der Waals surface area contributed by atoms with Crippen LogP contribution >= 0.6 is 23.2 Å². The van der Waals surface area contributed by atoms with E-state index in [2.05, 4.69) is 39.9 Å². The minimum absolute atomic E-state index is 0.322. The van der Waals surface area contributed by atoms with E-state index in [1.807, 2.05) is 0 Å². The van der Waals surface area contributed by atoms with Crippen molar-refractivity contribution in [2.24, 2.45) is 0 Å². The summed E-state index contributed by atoms with van der Waals surface area (Å²) >= 11 is 12.3. The molecule has 5 heteroatoms. The van der Waals surface area contributed by atoms with Gasteiger partial charge in [-0.2, -0.15) is 0 Å². The van der Waals surface area contributed by atoms with Gasteiger partial charge in [0.05, 0.1) is 10.0 Å². The molecule has 3 nitrogen and oxygen atoms in total. The predicted molar refractivity (Wildman–Crippen MR) is 85.1 cm³/mol. The van der Waals surface area contributed by atoms with Crippen LogP contribution in [-0.2, 0) is 12.8 Å². The summed E-state index contributed by atoms with van der Waals surface area (Å²) < 4.78 is 0. The van der Waals surface area contributed by atoms with E-state index in [1.165, 1.54) is 11.1 Å². The molecule has 1 aliphatic rings. The van der Waals surface area contributed by atoms with Gasteiger partial charge in [0.2, 0.25) is 0 Å². The zero-order valence-corrected chi connectivity index (χ0v) is 12.6. The molecular formula is C15H15Cl2N3. The van der Waals surface area contributed by atoms with E-state index >= 15 is 0 Å². The number of halogens is 2. The summed E-state index contributed by atoms with van der Waals surface area (Å²) in [6.45, 7) is 0. The van der Waals surface area contributed by atoms with Crippen LogP contribution in [-0.4, -0.2) is 18.1 Å². The molecular weight excluding hydrogens is 293 g/mol. The first-order valence-corrected chi connectivity index (χ1v) is 7.30. The number of pyridine rings is 1. The molecule has 0 bridgehead atoms. The highest BCUT2D eigenvalue weighted by molar-refractivity contribution is 6.37. The molecule has 0 atom stereocenters. The third-order valence-electron chi connectivity index (χ3n) is 3.56. The average molecular weight is 308 g/mol. The largest absolute Gasteiger partial charge is 0.372 e. The van der Waals surface area contributed by atoms with E-state index in [0.29, 0.717) is 27.7 Å².